The fraction of sp³-hybridized carbons (Fsp3) is 0.0769. The second kappa shape index (κ2) is 3.31. The number of aryl methyl sites for hydroxylation is 1. The summed E-state index contributed by atoms with van der Waals surface area (Å²) in [6.07, 6.45) is 1.75. The van der Waals surface area contributed by atoms with Crippen molar-refractivity contribution >= 4 is 22.6 Å². The topological polar surface area (TPSA) is 54.6 Å². The number of carboxylic acid groups (broad SMARTS) is 1. The molecule has 0 unspecified atom stereocenters. The quantitative estimate of drug-likeness (QED) is 0.693. The molecule has 0 radical (unpaired) electrons. The summed E-state index contributed by atoms with van der Waals surface area (Å²) in [7, 11) is 0. The Balaban J connectivity index is 2.48. The van der Waals surface area contributed by atoms with E-state index in [1.165, 1.54) is 0 Å². The minimum absolute atomic E-state index is 0.299. The molecule has 2 aromatic heterocycles. The highest BCUT2D eigenvalue weighted by Crippen LogP contribution is 2.20. The van der Waals surface area contributed by atoms with Crippen LogP contribution in [0.1, 0.15) is 15.9 Å². The van der Waals surface area contributed by atoms with Gasteiger partial charge in [0, 0.05) is 11.8 Å². The number of carboxylic acids is 1. The standard InChI is InChI=1S/C13H10N2O2/c1-8-9(13(16)17)6-7-15-11-5-3-2-4-10(11)14-12(8)15/h2-7H,1H3,(H,16,17). The fourth-order valence-electron chi connectivity index (χ4n) is 2.09. The van der Waals surface area contributed by atoms with Crippen molar-refractivity contribution in [3.05, 3.63) is 47.7 Å². The predicted octanol–water partition coefficient (Wildman–Crippen LogP) is 2.49. The monoisotopic (exact) mass is 226 g/mol. The molecule has 0 aliphatic heterocycles. The molecule has 0 aliphatic rings. The van der Waals surface area contributed by atoms with E-state index in [9.17, 15) is 4.79 Å². The lowest BCUT2D eigenvalue weighted by atomic mass is 10.1. The van der Waals surface area contributed by atoms with Crippen LogP contribution in [0.25, 0.3) is 16.7 Å². The third-order valence-electron chi connectivity index (χ3n) is 2.96. The van der Waals surface area contributed by atoms with Crippen molar-refractivity contribution in [1.29, 1.82) is 0 Å². The highest BCUT2D eigenvalue weighted by Gasteiger charge is 2.13. The summed E-state index contributed by atoms with van der Waals surface area (Å²) in [5.41, 5.74) is 3.55. The number of pyridine rings is 1. The first kappa shape index (κ1) is 9.84. The van der Waals surface area contributed by atoms with Crippen LogP contribution >= 0.6 is 0 Å². The smallest absolute Gasteiger partial charge is 0.336 e. The molecule has 2 heterocycles. The second-order valence-corrected chi connectivity index (χ2v) is 3.95. The Bertz CT molecular complexity index is 744. The van der Waals surface area contributed by atoms with E-state index < -0.39 is 5.97 Å². The number of aromatic carboxylic acids is 1. The van der Waals surface area contributed by atoms with Crippen molar-refractivity contribution in [2.75, 3.05) is 0 Å². The molecule has 4 heteroatoms. The molecule has 0 amide bonds. The third kappa shape index (κ3) is 1.30. The van der Waals surface area contributed by atoms with E-state index in [1.807, 2.05) is 28.7 Å². The Morgan fingerprint density at radius 2 is 2.06 bits per heavy atom. The Morgan fingerprint density at radius 1 is 1.29 bits per heavy atom. The largest absolute Gasteiger partial charge is 0.478 e. The van der Waals surface area contributed by atoms with Crippen LogP contribution in [0.2, 0.25) is 0 Å². The van der Waals surface area contributed by atoms with Crippen molar-refractivity contribution < 1.29 is 9.90 Å². The van der Waals surface area contributed by atoms with Crippen LogP contribution in [-0.2, 0) is 0 Å². The number of carbonyl (C=O) groups is 1. The van der Waals surface area contributed by atoms with Gasteiger partial charge < -0.3 is 5.11 Å². The summed E-state index contributed by atoms with van der Waals surface area (Å²) in [6, 6.07) is 9.36. The van der Waals surface area contributed by atoms with E-state index in [0.29, 0.717) is 16.8 Å². The van der Waals surface area contributed by atoms with Gasteiger partial charge in [-0.25, -0.2) is 9.78 Å². The van der Waals surface area contributed by atoms with Crippen molar-refractivity contribution in [2.24, 2.45) is 0 Å². The Morgan fingerprint density at radius 3 is 2.82 bits per heavy atom. The van der Waals surface area contributed by atoms with Crippen molar-refractivity contribution in [1.82, 2.24) is 9.38 Å². The lowest BCUT2D eigenvalue weighted by Crippen LogP contribution is -2.02. The summed E-state index contributed by atoms with van der Waals surface area (Å²) in [6.45, 7) is 1.78. The van der Waals surface area contributed by atoms with Crippen LogP contribution in [0.15, 0.2) is 36.5 Å². The zero-order chi connectivity index (χ0) is 12.0. The maximum absolute atomic E-state index is 11.0. The van der Waals surface area contributed by atoms with Gasteiger partial charge in [-0.05, 0) is 25.1 Å². The molecule has 0 aliphatic carbocycles. The molecular weight excluding hydrogens is 216 g/mol. The summed E-state index contributed by atoms with van der Waals surface area (Å²) in [5, 5.41) is 9.06. The van der Waals surface area contributed by atoms with Gasteiger partial charge in [0.25, 0.3) is 0 Å². The van der Waals surface area contributed by atoms with Crippen LogP contribution in [0, 0.1) is 6.92 Å². The molecule has 3 aromatic rings. The third-order valence-corrected chi connectivity index (χ3v) is 2.96. The number of aromatic nitrogens is 2. The van der Waals surface area contributed by atoms with Gasteiger partial charge in [0.2, 0.25) is 0 Å². The van der Waals surface area contributed by atoms with Crippen LogP contribution in [0.4, 0.5) is 0 Å². The highest BCUT2D eigenvalue weighted by atomic mass is 16.4. The SMILES string of the molecule is Cc1c(C(=O)O)ccn2c1nc1ccccc12. The van der Waals surface area contributed by atoms with E-state index >= 15 is 0 Å². The van der Waals surface area contributed by atoms with Crippen molar-refractivity contribution in [3.63, 3.8) is 0 Å². The molecule has 1 N–H and O–H groups in total. The van der Waals surface area contributed by atoms with Gasteiger partial charge in [0.15, 0.2) is 0 Å². The molecule has 0 saturated heterocycles. The van der Waals surface area contributed by atoms with Gasteiger partial charge in [0.1, 0.15) is 5.65 Å². The molecule has 3 rings (SSSR count). The van der Waals surface area contributed by atoms with E-state index in [-0.39, 0.29) is 0 Å². The minimum atomic E-state index is -0.919. The van der Waals surface area contributed by atoms with Crippen molar-refractivity contribution in [3.8, 4) is 0 Å². The number of imidazole rings is 1. The first-order valence-electron chi connectivity index (χ1n) is 5.28. The molecule has 17 heavy (non-hydrogen) atoms. The lowest BCUT2D eigenvalue weighted by molar-refractivity contribution is 0.0696. The van der Waals surface area contributed by atoms with Crippen LogP contribution in [0.5, 0.6) is 0 Å². The second-order valence-electron chi connectivity index (χ2n) is 3.95. The lowest BCUT2D eigenvalue weighted by Gasteiger charge is -2.02. The predicted molar refractivity (Wildman–Crippen MR) is 64.4 cm³/mol. The van der Waals surface area contributed by atoms with Crippen LogP contribution in [-0.4, -0.2) is 20.5 Å². The number of benzene rings is 1. The number of hydrogen-bond acceptors (Lipinski definition) is 2. The number of para-hydroxylation sites is 2. The van der Waals surface area contributed by atoms with Gasteiger partial charge in [0.05, 0.1) is 16.6 Å². The summed E-state index contributed by atoms with van der Waals surface area (Å²) in [4.78, 5) is 15.5. The molecular formula is C13H10N2O2. The van der Waals surface area contributed by atoms with Gasteiger partial charge >= 0.3 is 5.97 Å². The first-order valence-corrected chi connectivity index (χ1v) is 5.28. The maximum Gasteiger partial charge on any atom is 0.336 e. The summed E-state index contributed by atoms with van der Waals surface area (Å²) < 4.78 is 1.91. The van der Waals surface area contributed by atoms with Gasteiger partial charge in [-0.3, -0.25) is 4.40 Å². The van der Waals surface area contributed by atoms with Gasteiger partial charge in [-0.2, -0.15) is 0 Å². The number of fused-ring (bicyclic) bond motifs is 3. The van der Waals surface area contributed by atoms with E-state index in [2.05, 4.69) is 4.98 Å². The zero-order valence-corrected chi connectivity index (χ0v) is 9.21. The molecule has 0 saturated carbocycles. The number of rotatable bonds is 1. The molecule has 0 fully saturated rings. The first-order chi connectivity index (χ1) is 8.18. The fourth-order valence-corrected chi connectivity index (χ4v) is 2.09. The minimum Gasteiger partial charge on any atom is -0.478 e. The summed E-state index contributed by atoms with van der Waals surface area (Å²) in [5.74, 6) is -0.919. The van der Waals surface area contributed by atoms with Crippen LogP contribution < -0.4 is 0 Å². The zero-order valence-electron chi connectivity index (χ0n) is 9.21. The van der Waals surface area contributed by atoms with E-state index in [0.717, 1.165) is 11.0 Å². The Labute approximate surface area is 97.1 Å². The van der Waals surface area contributed by atoms with E-state index in [1.54, 1.807) is 19.2 Å². The van der Waals surface area contributed by atoms with E-state index in [4.69, 9.17) is 5.11 Å². The Hall–Kier alpha value is -2.36. The van der Waals surface area contributed by atoms with Gasteiger partial charge in [-0.15, -0.1) is 0 Å². The molecule has 1 aromatic carbocycles. The Kier molecular flexibility index (Phi) is 1.92. The number of nitrogens with zero attached hydrogens (tertiary/aromatic N) is 2. The van der Waals surface area contributed by atoms with Crippen LogP contribution in [0.3, 0.4) is 0 Å². The maximum atomic E-state index is 11.0. The highest BCUT2D eigenvalue weighted by molar-refractivity contribution is 5.92. The van der Waals surface area contributed by atoms with Crippen molar-refractivity contribution in [2.45, 2.75) is 6.92 Å². The molecule has 0 spiro atoms. The van der Waals surface area contributed by atoms with Gasteiger partial charge in [-0.1, -0.05) is 12.1 Å². The molecule has 0 bridgehead atoms. The molecule has 84 valence electrons. The number of hydrogen-bond donors (Lipinski definition) is 1. The molecule has 0 atom stereocenters. The average Bonchev–Trinajstić information content (AvgIpc) is 2.69. The summed E-state index contributed by atoms with van der Waals surface area (Å²) >= 11 is 0. The average molecular weight is 226 g/mol. The molecule has 4 nitrogen and oxygen atoms in total. The normalized spacial score (nSPS) is 11.1.